The number of methoxy groups -OCH3 is 1. The van der Waals surface area contributed by atoms with Crippen LogP contribution in [-0.2, 0) is 6.18 Å². The van der Waals surface area contributed by atoms with Crippen molar-refractivity contribution in [2.45, 2.75) is 6.18 Å². The Morgan fingerprint density at radius 2 is 1.61 bits per heavy atom. The lowest BCUT2D eigenvalue weighted by molar-refractivity contribution is -0.138. The van der Waals surface area contributed by atoms with Crippen molar-refractivity contribution in [2.24, 2.45) is 27.2 Å². The Morgan fingerprint density at radius 1 is 1.00 bits per heavy atom. The number of aliphatic imine (C=N–C) groups is 2. The number of rotatable bonds is 4. The summed E-state index contributed by atoms with van der Waals surface area (Å²) in [5.41, 5.74) is 14.3. The molecule has 0 fully saturated rings. The van der Waals surface area contributed by atoms with Gasteiger partial charge in [0, 0.05) is 6.07 Å². The van der Waals surface area contributed by atoms with Crippen LogP contribution in [0.4, 0.5) is 27.6 Å². The number of benzene rings is 2. The molecule has 0 bridgehead atoms. The average molecular weight is 403 g/mol. The predicted molar refractivity (Wildman–Crippen MR) is 91.5 cm³/mol. The molecule has 0 radical (unpaired) electrons. The van der Waals surface area contributed by atoms with E-state index >= 15 is 0 Å². The summed E-state index contributed by atoms with van der Waals surface area (Å²) in [5.74, 6) is -4.96. The number of hydrogen-bond acceptors (Lipinski definition) is 3. The molecule has 0 spiro atoms. The van der Waals surface area contributed by atoms with Crippen LogP contribution in [0.15, 0.2) is 40.3 Å². The van der Waals surface area contributed by atoms with Crippen molar-refractivity contribution in [2.75, 3.05) is 7.11 Å². The summed E-state index contributed by atoms with van der Waals surface area (Å²) in [7, 11) is 1.35. The lowest BCUT2D eigenvalue weighted by atomic mass is 10.2. The molecule has 0 aliphatic heterocycles. The van der Waals surface area contributed by atoms with Gasteiger partial charge in [-0.1, -0.05) is 0 Å². The molecule has 150 valence electrons. The van der Waals surface area contributed by atoms with E-state index in [0.29, 0.717) is 0 Å². The Hall–Kier alpha value is -3.57. The van der Waals surface area contributed by atoms with Gasteiger partial charge in [-0.25, -0.2) is 13.8 Å². The zero-order chi connectivity index (χ0) is 21.1. The van der Waals surface area contributed by atoms with Gasteiger partial charge in [-0.3, -0.25) is 0 Å². The van der Waals surface area contributed by atoms with Crippen molar-refractivity contribution in [3.8, 4) is 17.2 Å². The van der Waals surface area contributed by atoms with E-state index in [0.717, 1.165) is 0 Å². The first-order chi connectivity index (χ1) is 13.0. The molecule has 2 rings (SSSR count). The smallest absolute Gasteiger partial charge is 0.416 e. The third kappa shape index (κ3) is 4.99. The van der Waals surface area contributed by atoms with Crippen LogP contribution in [0.25, 0.3) is 0 Å². The summed E-state index contributed by atoms with van der Waals surface area (Å²) in [6.45, 7) is 0. The SMILES string of the molecule is COc1ccc(Oc2c(F)cc(C(F)(F)F)cc2F)c(N=C(N)N=C(N)N)c1. The van der Waals surface area contributed by atoms with Gasteiger partial charge in [0.1, 0.15) is 11.4 Å². The fraction of sp³-hybridized carbons (Fsp3) is 0.125. The van der Waals surface area contributed by atoms with Gasteiger partial charge in [0.15, 0.2) is 29.1 Å². The lowest BCUT2D eigenvalue weighted by Gasteiger charge is -2.13. The summed E-state index contributed by atoms with van der Waals surface area (Å²) in [6, 6.07) is 4.09. The second-order valence-electron chi connectivity index (χ2n) is 5.21. The van der Waals surface area contributed by atoms with Gasteiger partial charge in [0.25, 0.3) is 0 Å². The number of nitrogens with zero attached hydrogens (tertiary/aromatic N) is 2. The quantitative estimate of drug-likeness (QED) is 0.412. The maximum absolute atomic E-state index is 14.0. The molecule has 6 N–H and O–H groups in total. The molecule has 0 atom stereocenters. The molecule has 7 nitrogen and oxygen atoms in total. The van der Waals surface area contributed by atoms with Gasteiger partial charge in [-0.2, -0.15) is 18.2 Å². The first kappa shape index (κ1) is 20.7. The number of hydrogen-bond donors (Lipinski definition) is 3. The van der Waals surface area contributed by atoms with Crippen molar-refractivity contribution < 1.29 is 31.4 Å². The summed E-state index contributed by atoms with van der Waals surface area (Å²) in [5, 5.41) is 0. The van der Waals surface area contributed by atoms with Gasteiger partial charge >= 0.3 is 6.18 Å². The molecule has 0 saturated carbocycles. The van der Waals surface area contributed by atoms with Gasteiger partial charge in [-0.15, -0.1) is 0 Å². The first-order valence-electron chi connectivity index (χ1n) is 7.37. The first-order valence-corrected chi connectivity index (χ1v) is 7.37. The van der Waals surface area contributed by atoms with Crippen LogP contribution < -0.4 is 26.7 Å². The van der Waals surface area contributed by atoms with Gasteiger partial charge < -0.3 is 26.7 Å². The number of halogens is 5. The molecule has 0 aliphatic rings. The fourth-order valence-corrected chi connectivity index (χ4v) is 2.01. The third-order valence-electron chi connectivity index (χ3n) is 3.18. The van der Waals surface area contributed by atoms with E-state index in [2.05, 4.69) is 9.98 Å². The lowest BCUT2D eigenvalue weighted by Crippen LogP contribution is -2.26. The van der Waals surface area contributed by atoms with Crippen LogP contribution in [0.5, 0.6) is 17.2 Å². The van der Waals surface area contributed by atoms with E-state index in [4.69, 9.17) is 26.7 Å². The molecule has 0 amide bonds. The van der Waals surface area contributed by atoms with Crippen LogP contribution in [0.3, 0.4) is 0 Å². The number of alkyl halides is 3. The molecule has 0 unspecified atom stereocenters. The highest BCUT2D eigenvalue weighted by molar-refractivity contribution is 5.94. The minimum absolute atomic E-state index is 0.0967. The largest absolute Gasteiger partial charge is 0.497 e. The van der Waals surface area contributed by atoms with E-state index in [9.17, 15) is 22.0 Å². The summed E-state index contributed by atoms with van der Waals surface area (Å²) < 4.78 is 76.1. The second-order valence-corrected chi connectivity index (χ2v) is 5.21. The molecule has 0 aliphatic carbocycles. The van der Waals surface area contributed by atoms with E-state index in [-0.39, 0.29) is 29.3 Å². The van der Waals surface area contributed by atoms with Crippen molar-refractivity contribution >= 4 is 17.6 Å². The van der Waals surface area contributed by atoms with Crippen molar-refractivity contribution in [1.82, 2.24) is 0 Å². The zero-order valence-corrected chi connectivity index (χ0v) is 14.2. The zero-order valence-electron chi connectivity index (χ0n) is 14.2. The van der Waals surface area contributed by atoms with Crippen molar-refractivity contribution in [1.29, 1.82) is 0 Å². The topological polar surface area (TPSA) is 121 Å². The Kier molecular flexibility index (Phi) is 5.91. The highest BCUT2D eigenvalue weighted by atomic mass is 19.4. The van der Waals surface area contributed by atoms with E-state index in [1.54, 1.807) is 0 Å². The molecule has 2 aromatic rings. The molecular weight excluding hydrogens is 389 g/mol. The molecule has 2 aromatic carbocycles. The van der Waals surface area contributed by atoms with Crippen LogP contribution in [-0.4, -0.2) is 19.0 Å². The summed E-state index contributed by atoms with van der Waals surface area (Å²) in [6.07, 6.45) is -4.93. The van der Waals surface area contributed by atoms with Crippen LogP contribution in [0.2, 0.25) is 0 Å². The standard InChI is InChI=1S/C16H14F5N5O2/c1-27-8-2-3-12(11(6-8)25-15(24)26-14(22)23)28-13-9(17)4-7(5-10(13)18)16(19,20)21/h2-6H,1H3,(H6,22,23,24,25,26). The van der Waals surface area contributed by atoms with Gasteiger partial charge in [-0.05, 0) is 24.3 Å². The molecule has 0 aromatic heterocycles. The normalized spacial score (nSPS) is 11.9. The van der Waals surface area contributed by atoms with E-state index in [1.165, 1.54) is 25.3 Å². The highest BCUT2D eigenvalue weighted by Crippen LogP contribution is 2.39. The predicted octanol–water partition coefficient (Wildman–Crippen LogP) is 3.00. The Labute approximate surface area is 155 Å². The van der Waals surface area contributed by atoms with E-state index in [1.807, 2.05) is 0 Å². The minimum atomic E-state index is -4.93. The Bertz CT molecular complexity index is 917. The van der Waals surface area contributed by atoms with Gasteiger partial charge in [0.2, 0.25) is 5.96 Å². The van der Waals surface area contributed by atoms with Crippen LogP contribution in [0, 0.1) is 11.6 Å². The minimum Gasteiger partial charge on any atom is -0.497 e. The second kappa shape index (κ2) is 7.98. The van der Waals surface area contributed by atoms with Gasteiger partial charge in [0.05, 0.1) is 12.7 Å². The van der Waals surface area contributed by atoms with Crippen molar-refractivity contribution in [3.05, 3.63) is 47.5 Å². The molecular formula is C16H14F5N5O2. The van der Waals surface area contributed by atoms with Crippen LogP contribution in [0.1, 0.15) is 5.56 Å². The third-order valence-corrected chi connectivity index (χ3v) is 3.18. The number of ether oxygens (including phenoxy) is 2. The average Bonchev–Trinajstić information content (AvgIpc) is 2.57. The fourth-order valence-electron chi connectivity index (χ4n) is 2.01. The monoisotopic (exact) mass is 403 g/mol. The van der Waals surface area contributed by atoms with E-state index < -0.39 is 41.0 Å². The molecule has 0 heterocycles. The molecule has 0 saturated heterocycles. The Morgan fingerprint density at radius 3 is 2.11 bits per heavy atom. The number of guanidine groups is 2. The van der Waals surface area contributed by atoms with Crippen molar-refractivity contribution in [3.63, 3.8) is 0 Å². The Balaban J connectivity index is 2.51. The molecule has 28 heavy (non-hydrogen) atoms. The maximum atomic E-state index is 14.0. The molecule has 12 heteroatoms. The summed E-state index contributed by atoms with van der Waals surface area (Å²) >= 11 is 0. The van der Waals surface area contributed by atoms with Crippen LogP contribution >= 0.6 is 0 Å². The highest BCUT2D eigenvalue weighted by Gasteiger charge is 2.33. The number of nitrogens with two attached hydrogens (primary N) is 3. The summed E-state index contributed by atoms with van der Waals surface area (Å²) in [4.78, 5) is 7.32. The maximum Gasteiger partial charge on any atom is 0.416 e.